The zero-order valence-electron chi connectivity index (χ0n) is 10.1. The molecule has 2 rings (SSSR count). The highest BCUT2D eigenvalue weighted by atomic mass is 16.5. The van der Waals surface area contributed by atoms with Crippen LogP contribution in [0.15, 0.2) is 6.20 Å². The van der Waals surface area contributed by atoms with Gasteiger partial charge in [-0.1, -0.05) is 27.7 Å². The zero-order valence-corrected chi connectivity index (χ0v) is 10.1. The lowest BCUT2D eigenvalue weighted by atomic mass is 9.89. The van der Waals surface area contributed by atoms with Gasteiger partial charge in [0.1, 0.15) is 0 Å². The quantitative estimate of drug-likeness (QED) is 0.709. The van der Waals surface area contributed by atoms with Gasteiger partial charge in [0.25, 0.3) is 0 Å². The lowest BCUT2D eigenvalue weighted by Crippen LogP contribution is -2.26. The van der Waals surface area contributed by atoms with Crippen LogP contribution in [-0.4, -0.2) is 16.4 Å². The molecule has 1 aromatic heterocycles. The van der Waals surface area contributed by atoms with E-state index in [-0.39, 0.29) is 5.41 Å². The Hall–Kier alpha value is -0.990. The fourth-order valence-electron chi connectivity index (χ4n) is 1.91. The smallest absolute Gasteiger partial charge is 0.215 e. The average Bonchev–Trinajstić information content (AvgIpc) is 2.59. The Labute approximate surface area is 91.4 Å². The zero-order chi connectivity index (χ0) is 11.1. The Morgan fingerprint density at radius 1 is 1.53 bits per heavy atom. The summed E-state index contributed by atoms with van der Waals surface area (Å²) < 4.78 is 7.84. The summed E-state index contributed by atoms with van der Waals surface area (Å²) in [6, 6.07) is 0. The van der Waals surface area contributed by atoms with Crippen LogP contribution >= 0.6 is 0 Å². The first-order valence-electron chi connectivity index (χ1n) is 5.71. The van der Waals surface area contributed by atoms with Crippen molar-refractivity contribution >= 4 is 0 Å². The molecule has 0 bridgehead atoms. The second-order valence-corrected chi connectivity index (χ2v) is 5.38. The summed E-state index contributed by atoms with van der Waals surface area (Å²) >= 11 is 0. The molecule has 1 atom stereocenters. The molecule has 1 aromatic rings. The molecule has 1 aliphatic rings. The molecule has 15 heavy (non-hydrogen) atoms. The summed E-state index contributed by atoms with van der Waals surface area (Å²) in [5.74, 6) is 1.59. The van der Waals surface area contributed by atoms with Crippen molar-refractivity contribution in [1.82, 2.24) is 9.78 Å². The highest BCUT2D eigenvalue weighted by molar-refractivity contribution is 5.31. The molecule has 1 aliphatic heterocycles. The lowest BCUT2D eigenvalue weighted by Gasteiger charge is -2.26. The molecular weight excluding hydrogens is 188 g/mol. The molecule has 3 nitrogen and oxygen atoms in total. The van der Waals surface area contributed by atoms with Crippen molar-refractivity contribution in [2.75, 3.05) is 6.61 Å². The van der Waals surface area contributed by atoms with Crippen LogP contribution in [0.2, 0.25) is 0 Å². The van der Waals surface area contributed by atoms with Gasteiger partial charge in [-0.15, -0.1) is 0 Å². The van der Waals surface area contributed by atoms with Gasteiger partial charge in [0.05, 0.1) is 19.3 Å². The Bertz CT molecular complexity index is 349. The topological polar surface area (TPSA) is 27.1 Å². The predicted molar refractivity (Wildman–Crippen MR) is 60.2 cm³/mol. The standard InChI is InChI=1S/C12H20N2O/c1-5-9-7-14-11(15-8-9)10(6-13-14)12(2,3)4/h6,9H,5,7-8H2,1-4H3. The van der Waals surface area contributed by atoms with Crippen molar-refractivity contribution < 1.29 is 4.74 Å². The van der Waals surface area contributed by atoms with Crippen LogP contribution in [0.4, 0.5) is 0 Å². The summed E-state index contributed by atoms with van der Waals surface area (Å²) in [5.41, 5.74) is 1.34. The number of aromatic nitrogens is 2. The van der Waals surface area contributed by atoms with Crippen molar-refractivity contribution in [3.05, 3.63) is 11.8 Å². The third-order valence-electron chi connectivity index (χ3n) is 3.06. The summed E-state index contributed by atoms with van der Waals surface area (Å²) in [5, 5.41) is 4.41. The molecular formula is C12H20N2O. The van der Waals surface area contributed by atoms with Gasteiger partial charge in [-0.2, -0.15) is 5.10 Å². The fraction of sp³-hybridized carbons (Fsp3) is 0.750. The maximum absolute atomic E-state index is 5.83. The van der Waals surface area contributed by atoms with Crippen LogP contribution in [0.1, 0.15) is 39.7 Å². The first-order chi connectivity index (χ1) is 7.02. The molecule has 0 radical (unpaired) electrons. The number of nitrogens with zero attached hydrogens (tertiary/aromatic N) is 2. The normalized spacial score (nSPS) is 20.9. The molecule has 3 heteroatoms. The van der Waals surface area contributed by atoms with E-state index in [1.165, 1.54) is 5.56 Å². The summed E-state index contributed by atoms with van der Waals surface area (Å²) in [7, 11) is 0. The van der Waals surface area contributed by atoms with E-state index in [2.05, 4.69) is 32.8 Å². The lowest BCUT2D eigenvalue weighted by molar-refractivity contribution is 0.158. The van der Waals surface area contributed by atoms with Crippen molar-refractivity contribution in [3.8, 4) is 5.88 Å². The first-order valence-corrected chi connectivity index (χ1v) is 5.71. The first kappa shape index (κ1) is 10.5. The minimum absolute atomic E-state index is 0.118. The van der Waals surface area contributed by atoms with Gasteiger partial charge in [0.15, 0.2) is 0 Å². The van der Waals surface area contributed by atoms with Crippen LogP contribution < -0.4 is 4.74 Å². The minimum Gasteiger partial charge on any atom is -0.477 e. The van der Waals surface area contributed by atoms with Crippen LogP contribution in [0.25, 0.3) is 0 Å². The van der Waals surface area contributed by atoms with Crippen molar-refractivity contribution in [3.63, 3.8) is 0 Å². The van der Waals surface area contributed by atoms with Crippen molar-refractivity contribution in [1.29, 1.82) is 0 Å². The number of rotatable bonds is 1. The number of hydrogen-bond acceptors (Lipinski definition) is 2. The van der Waals surface area contributed by atoms with E-state index in [9.17, 15) is 0 Å². The maximum atomic E-state index is 5.83. The molecule has 0 aliphatic carbocycles. The van der Waals surface area contributed by atoms with E-state index in [0.717, 1.165) is 25.5 Å². The van der Waals surface area contributed by atoms with Gasteiger partial charge in [-0.3, -0.25) is 0 Å². The van der Waals surface area contributed by atoms with E-state index in [4.69, 9.17) is 4.74 Å². The molecule has 1 unspecified atom stereocenters. The third-order valence-corrected chi connectivity index (χ3v) is 3.06. The maximum Gasteiger partial charge on any atom is 0.215 e. The van der Waals surface area contributed by atoms with Crippen LogP contribution in [-0.2, 0) is 12.0 Å². The number of fused-ring (bicyclic) bond motifs is 1. The molecule has 0 saturated carbocycles. The monoisotopic (exact) mass is 208 g/mol. The molecule has 0 spiro atoms. The van der Waals surface area contributed by atoms with Crippen LogP contribution in [0, 0.1) is 5.92 Å². The molecule has 0 amide bonds. The Morgan fingerprint density at radius 3 is 2.87 bits per heavy atom. The van der Waals surface area contributed by atoms with Gasteiger partial charge in [-0.05, 0) is 11.8 Å². The van der Waals surface area contributed by atoms with Crippen LogP contribution in [0.3, 0.4) is 0 Å². The summed E-state index contributed by atoms with van der Waals surface area (Å²) in [6.07, 6.45) is 3.11. The molecule has 0 N–H and O–H groups in total. The van der Waals surface area contributed by atoms with E-state index < -0.39 is 0 Å². The molecule has 0 fully saturated rings. The van der Waals surface area contributed by atoms with Gasteiger partial charge in [-0.25, -0.2) is 4.68 Å². The van der Waals surface area contributed by atoms with Crippen LogP contribution in [0.5, 0.6) is 5.88 Å². The Balaban J connectivity index is 2.30. The minimum atomic E-state index is 0.118. The van der Waals surface area contributed by atoms with E-state index in [1.807, 2.05) is 10.9 Å². The Morgan fingerprint density at radius 2 is 2.27 bits per heavy atom. The molecule has 2 heterocycles. The van der Waals surface area contributed by atoms with Crippen molar-refractivity contribution in [2.45, 2.75) is 46.1 Å². The second kappa shape index (κ2) is 3.54. The van der Waals surface area contributed by atoms with Gasteiger partial charge >= 0.3 is 0 Å². The third kappa shape index (κ3) is 1.87. The molecule has 0 saturated heterocycles. The second-order valence-electron chi connectivity index (χ2n) is 5.38. The van der Waals surface area contributed by atoms with Gasteiger partial charge in [0, 0.05) is 11.5 Å². The fourth-order valence-corrected chi connectivity index (χ4v) is 1.91. The average molecular weight is 208 g/mol. The summed E-state index contributed by atoms with van der Waals surface area (Å²) in [4.78, 5) is 0. The van der Waals surface area contributed by atoms with Gasteiger partial charge in [0.2, 0.25) is 5.88 Å². The summed E-state index contributed by atoms with van der Waals surface area (Å²) in [6.45, 7) is 10.6. The Kier molecular flexibility index (Phi) is 2.49. The highest BCUT2D eigenvalue weighted by Gasteiger charge is 2.27. The number of hydrogen-bond donors (Lipinski definition) is 0. The van der Waals surface area contributed by atoms with Crippen molar-refractivity contribution in [2.24, 2.45) is 5.92 Å². The van der Waals surface area contributed by atoms with E-state index >= 15 is 0 Å². The predicted octanol–water partition coefficient (Wildman–Crippen LogP) is 2.60. The highest BCUT2D eigenvalue weighted by Crippen LogP contribution is 2.34. The van der Waals surface area contributed by atoms with Gasteiger partial charge < -0.3 is 4.74 Å². The largest absolute Gasteiger partial charge is 0.477 e. The molecule has 0 aromatic carbocycles. The van der Waals surface area contributed by atoms with E-state index in [0.29, 0.717) is 5.92 Å². The number of ether oxygens (including phenoxy) is 1. The van der Waals surface area contributed by atoms with E-state index in [1.54, 1.807) is 0 Å². The SMILES string of the molecule is CCC1COc2c(C(C)(C)C)cnn2C1. The molecule has 84 valence electrons.